The van der Waals surface area contributed by atoms with Gasteiger partial charge < -0.3 is 5.32 Å². The summed E-state index contributed by atoms with van der Waals surface area (Å²) < 4.78 is 14.2. The van der Waals surface area contributed by atoms with E-state index in [9.17, 15) is 4.39 Å². The van der Waals surface area contributed by atoms with E-state index in [-0.39, 0.29) is 5.82 Å². The summed E-state index contributed by atoms with van der Waals surface area (Å²) in [4.78, 5) is 0. The van der Waals surface area contributed by atoms with E-state index in [2.05, 4.69) is 10.7 Å². The monoisotopic (exact) mass is 209 g/mol. The van der Waals surface area contributed by atoms with Crippen molar-refractivity contribution in [2.45, 2.75) is 6.42 Å². The van der Waals surface area contributed by atoms with Crippen molar-refractivity contribution < 1.29 is 4.39 Å². The second-order valence-corrected chi connectivity index (χ2v) is 4.17. The number of hydrogen-bond donors (Lipinski definition) is 1. The van der Waals surface area contributed by atoms with Crippen LogP contribution in [0.1, 0.15) is 5.56 Å². The van der Waals surface area contributed by atoms with Crippen LogP contribution in [0.4, 0.5) is 4.39 Å². The van der Waals surface area contributed by atoms with E-state index in [1.807, 2.05) is 13.1 Å². The van der Waals surface area contributed by atoms with Crippen molar-refractivity contribution in [3.63, 3.8) is 0 Å². The summed E-state index contributed by atoms with van der Waals surface area (Å²) in [6, 6.07) is 4.98. The van der Waals surface area contributed by atoms with Crippen LogP contribution in [0.5, 0.6) is 0 Å². The van der Waals surface area contributed by atoms with Crippen LogP contribution in [0.25, 0.3) is 10.1 Å². The van der Waals surface area contributed by atoms with Crippen molar-refractivity contribution in [3.8, 4) is 0 Å². The highest BCUT2D eigenvalue weighted by molar-refractivity contribution is 7.17. The molecule has 74 valence electrons. The highest BCUT2D eigenvalue weighted by atomic mass is 32.1. The smallest absolute Gasteiger partial charge is 0.123 e. The average molecular weight is 209 g/mol. The SMILES string of the molecule is CNCCc1csc2ccc(F)cc12. The lowest BCUT2D eigenvalue weighted by atomic mass is 10.1. The Hall–Kier alpha value is -0.930. The van der Waals surface area contributed by atoms with Crippen molar-refractivity contribution in [1.29, 1.82) is 0 Å². The largest absolute Gasteiger partial charge is 0.319 e. The zero-order chi connectivity index (χ0) is 9.97. The van der Waals surface area contributed by atoms with Crippen molar-refractivity contribution in [2.75, 3.05) is 13.6 Å². The van der Waals surface area contributed by atoms with E-state index in [0.717, 1.165) is 23.1 Å². The predicted molar refractivity (Wildman–Crippen MR) is 59.4 cm³/mol. The van der Waals surface area contributed by atoms with Crippen LogP contribution in [0.3, 0.4) is 0 Å². The Morgan fingerprint density at radius 1 is 1.43 bits per heavy atom. The zero-order valence-electron chi connectivity index (χ0n) is 8.01. The third-order valence-corrected chi connectivity index (χ3v) is 3.27. The van der Waals surface area contributed by atoms with Gasteiger partial charge in [0.25, 0.3) is 0 Å². The molecule has 2 rings (SSSR count). The molecule has 3 heteroatoms. The summed E-state index contributed by atoms with van der Waals surface area (Å²) in [6.45, 7) is 0.933. The lowest BCUT2D eigenvalue weighted by Crippen LogP contribution is -2.09. The van der Waals surface area contributed by atoms with Crippen LogP contribution in [0.15, 0.2) is 23.6 Å². The molecule has 0 aliphatic carbocycles. The number of rotatable bonds is 3. The number of thiophene rings is 1. The summed E-state index contributed by atoms with van der Waals surface area (Å²) in [6.07, 6.45) is 0.958. The molecule has 0 fully saturated rings. The van der Waals surface area contributed by atoms with Crippen LogP contribution in [-0.4, -0.2) is 13.6 Å². The number of fused-ring (bicyclic) bond motifs is 1. The third kappa shape index (κ3) is 1.79. The van der Waals surface area contributed by atoms with Crippen LogP contribution >= 0.6 is 11.3 Å². The van der Waals surface area contributed by atoms with Crippen molar-refractivity contribution in [3.05, 3.63) is 35.0 Å². The van der Waals surface area contributed by atoms with Gasteiger partial charge in [-0.1, -0.05) is 0 Å². The fraction of sp³-hybridized carbons (Fsp3) is 0.273. The molecule has 0 spiro atoms. The highest BCUT2D eigenvalue weighted by Crippen LogP contribution is 2.26. The van der Waals surface area contributed by atoms with Crippen LogP contribution in [-0.2, 0) is 6.42 Å². The van der Waals surface area contributed by atoms with Gasteiger partial charge in [-0.05, 0) is 54.5 Å². The Kier molecular flexibility index (Phi) is 2.79. The van der Waals surface area contributed by atoms with Crippen molar-refractivity contribution in [1.82, 2.24) is 5.32 Å². The van der Waals surface area contributed by atoms with E-state index in [1.54, 1.807) is 17.4 Å². The van der Waals surface area contributed by atoms with E-state index in [0.29, 0.717) is 0 Å². The molecule has 0 amide bonds. The topological polar surface area (TPSA) is 12.0 Å². The number of nitrogens with one attached hydrogen (secondary N) is 1. The molecule has 14 heavy (non-hydrogen) atoms. The molecule has 0 aliphatic heterocycles. The number of halogens is 1. The second kappa shape index (κ2) is 4.07. The molecule has 0 aliphatic rings. The molecule has 1 heterocycles. The molecule has 1 aromatic heterocycles. The first kappa shape index (κ1) is 9.62. The molecule has 2 aromatic rings. The van der Waals surface area contributed by atoms with E-state index in [1.165, 1.54) is 11.6 Å². The van der Waals surface area contributed by atoms with Gasteiger partial charge in [0.15, 0.2) is 0 Å². The third-order valence-electron chi connectivity index (χ3n) is 2.26. The quantitative estimate of drug-likeness (QED) is 0.819. The molecule has 0 atom stereocenters. The maximum atomic E-state index is 13.0. The molecule has 0 bridgehead atoms. The molecule has 0 saturated heterocycles. The summed E-state index contributed by atoms with van der Waals surface area (Å²) in [5.41, 5.74) is 1.24. The Labute approximate surface area is 86.6 Å². The summed E-state index contributed by atoms with van der Waals surface area (Å²) in [5.74, 6) is -0.151. The normalized spacial score (nSPS) is 11.0. The minimum absolute atomic E-state index is 0.151. The average Bonchev–Trinajstić information content (AvgIpc) is 2.57. The van der Waals surface area contributed by atoms with Crippen LogP contribution in [0.2, 0.25) is 0 Å². The Morgan fingerprint density at radius 3 is 3.07 bits per heavy atom. The fourth-order valence-corrected chi connectivity index (χ4v) is 2.48. The number of likely N-dealkylation sites (N-methyl/N-ethyl adjacent to an activating group) is 1. The molecule has 0 unspecified atom stereocenters. The van der Waals surface area contributed by atoms with E-state index in [4.69, 9.17) is 0 Å². The van der Waals surface area contributed by atoms with Crippen LogP contribution < -0.4 is 5.32 Å². The number of benzene rings is 1. The van der Waals surface area contributed by atoms with Gasteiger partial charge in [0.05, 0.1) is 0 Å². The predicted octanol–water partition coefficient (Wildman–Crippen LogP) is 2.80. The molecule has 0 radical (unpaired) electrons. The minimum Gasteiger partial charge on any atom is -0.319 e. The first-order valence-electron chi connectivity index (χ1n) is 4.61. The van der Waals surface area contributed by atoms with E-state index < -0.39 is 0 Å². The van der Waals surface area contributed by atoms with Crippen molar-refractivity contribution in [2.24, 2.45) is 0 Å². The summed E-state index contributed by atoms with van der Waals surface area (Å²) in [5, 5.41) is 6.27. The zero-order valence-corrected chi connectivity index (χ0v) is 8.83. The van der Waals surface area contributed by atoms with Gasteiger partial charge in [0.1, 0.15) is 5.82 Å². The molecular weight excluding hydrogens is 197 g/mol. The molecule has 1 nitrogen and oxygen atoms in total. The van der Waals surface area contributed by atoms with Gasteiger partial charge in [0.2, 0.25) is 0 Å². The lowest BCUT2D eigenvalue weighted by Gasteiger charge is -1.98. The van der Waals surface area contributed by atoms with E-state index >= 15 is 0 Å². The van der Waals surface area contributed by atoms with Crippen molar-refractivity contribution >= 4 is 21.4 Å². The van der Waals surface area contributed by atoms with Gasteiger partial charge in [-0.2, -0.15) is 0 Å². The first-order chi connectivity index (χ1) is 6.81. The molecule has 0 saturated carbocycles. The van der Waals surface area contributed by atoms with Gasteiger partial charge in [-0.25, -0.2) is 4.39 Å². The maximum Gasteiger partial charge on any atom is 0.123 e. The Bertz CT molecular complexity index is 436. The maximum absolute atomic E-state index is 13.0. The number of hydrogen-bond acceptors (Lipinski definition) is 2. The Balaban J connectivity index is 2.40. The van der Waals surface area contributed by atoms with Gasteiger partial charge in [0, 0.05) is 4.70 Å². The highest BCUT2D eigenvalue weighted by Gasteiger charge is 2.04. The van der Waals surface area contributed by atoms with Gasteiger partial charge in [-0.15, -0.1) is 11.3 Å². The first-order valence-corrected chi connectivity index (χ1v) is 5.49. The lowest BCUT2D eigenvalue weighted by molar-refractivity contribution is 0.629. The molecule has 1 N–H and O–H groups in total. The Morgan fingerprint density at radius 2 is 2.29 bits per heavy atom. The van der Waals surface area contributed by atoms with Gasteiger partial charge in [-0.3, -0.25) is 0 Å². The summed E-state index contributed by atoms with van der Waals surface area (Å²) in [7, 11) is 1.93. The fourth-order valence-electron chi connectivity index (χ4n) is 1.51. The minimum atomic E-state index is -0.151. The standard InChI is InChI=1S/C11H12FNS/c1-13-5-4-8-7-14-11-3-2-9(12)6-10(8)11/h2-3,6-7,13H,4-5H2,1H3. The van der Waals surface area contributed by atoms with Gasteiger partial charge >= 0.3 is 0 Å². The van der Waals surface area contributed by atoms with Crippen LogP contribution in [0, 0.1) is 5.82 Å². The summed E-state index contributed by atoms with van der Waals surface area (Å²) >= 11 is 1.68. The molecule has 1 aromatic carbocycles. The molecular formula is C11H12FNS. The second-order valence-electron chi connectivity index (χ2n) is 3.25.